The SMILES string of the molecule is CC(=O)N1CC2(CCN2C(C)C)C1. The fourth-order valence-electron chi connectivity index (χ4n) is 2.59. The van der Waals surface area contributed by atoms with Gasteiger partial charge in [-0.2, -0.15) is 0 Å². The molecule has 0 aromatic heterocycles. The summed E-state index contributed by atoms with van der Waals surface area (Å²) in [4.78, 5) is 15.5. The summed E-state index contributed by atoms with van der Waals surface area (Å²) in [7, 11) is 0. The highest BCUT2D eigenvalue weighted by Gasteiger charge is 2.54. The van der Waals surface area contributed by atoms with Crippen molar-refractivity contribution in [1.82, 2.24) is 9.80 Å². The molecule has 2 aliphatic rings. The van der Waals surface area contributed by atoms with Crippen molar-refractivity contribution in [3.8, 4) is 0 Å². The van der Waals surface area contributed by atoms with Crippen LogP contribution in [0.2, 0.25) is 0 Å². The first-order valence-corrected chi connectivity index (χ1v) is 5.07. The first-order chi connectivity index (χ1) is 6.05. The lowest BCUT2D eigenvalue weighted by Gasteiger charge is -2.64. The monoisotopic (exact) mass is 182 g/mol. The molecule has 3 nitrogen and oxygen atoms in total. The molecule has 2 saturated heterocycles. The lowest BCUT2D eigenvalue weighted by molar-refractivity contribution is -0.164. The molecular formula is C10H18N2O. The van der Waals surface area contributed by atoms with Crippen LogP contribution in [0.3, 0.4) is 0 Å². The van der Waals surface area contributed by atoms with Crippen LogP contribution >= 0.6 is 0 Å². The Morgan fingerprint density at radius 1 is 1.38 bits per heavy atom. The van der Waals surface area contributed by atoms with Crippen molar-refractivity contribution in [2.24, 2.45) is 0 Å². The molecule has 2 aliphatic heterocycles. The number of carbonyl (C=O) groups is 1. The van der Waals surface area contributed by atoms with Crippen molar-refractivity contribution in [2.45, 2.75) is 38.8 Å². The molecular weight excluding hydrogens is 164 g/mol. The first kappa shape index (κ1) is 9.00. The number of carbonyl (C=O) groups excluding carboxylic acids is 1. The molecule has 0 atom stereocenters. The number of hydrogen-bond donors (Lipinski definition) is 0. The average molecular weight is 182 g/mol. The standard InChI is InChI=1S/C10H18N2O/c1-8(2)12-5-4-10(12)6-11(7-10)9(3)13/h8H,4-7H2,1-3H3. The largest absolute Gasteiger partial charge is 0.339 e. The molecule has 74 valence electrons. The fourth-order valence-corrected chi connectivity index (χ4v) is 2.59. The highest BCUT2D eigenvalue weighted by Crippen LogP contribution is 2.40. The van der Waals surface area contributed by atoms with Gasteiger partial charge < -0.3 is 4.90 Å². The second kappa shape index (κ2) is 2.71. The van der Waals surface area contributed by atoms with Gasteiger partial charge >= 0.3 is 0 Å². The summed E-state index contributed by atoms with van der Waals surface area (Å²) < 4.78 is 0. The lowest BCUT2D eigenvalue weighted by Crippen LogP contribution is -2.78. The molecule has 2 fully saturated rings. The predicted molar refractivity (Wildman–Crippen MR) is 51.4 cm³/mol. The van der Waals surface area contributed by atoms with Gasteiger partial charge in [-0.15, -0.1) is 0 Å². The van der Waals surface area contributed by atoms with Crippen molar-refractivity contribution >= 4 is 5.91 Å². The highest BCUT2D eigenvalue weighted by molar-refractivity contribution is 5.74. The normalized spacial score (nSPS) is 26.0. The number of hydrogen-bond acceptors (Lipinski definition) is 2. The molecule has 0 aromatic rings. The minimum Gasteiger partial charge on any atom is -0.339 e. The summed E-state index contributed by atoms with van der Waals surface area (Å²) in [6.45, 7) is 9.25. The molecule has 2 heterocycles. The van der Waals surface area contributed by atoms with Gasteiger partial charge in [0.25, 0.3) is 0 Å². The van der Waals surface area contributed by atoms with Crippen LogP contribution in [-0.4, -0.2) is 46.9 Å². The third-order valence-corrected chi connectivity index (χ3v) is 3.47. The Morgan fingerprint density at radius 2 is 2.00 bits per heavy atom. The smallest absolute Gasteiger partial charge is 0.219 e. The van der Waals surface area contributed by atoms with Gasteiger partial charge in [0.15, 0.2) is 0 Å². The molecule has 3 heteroatoms. The van der Waals surface area contributed by atoms with Crippen molar-refractivity contribution in [2.75, 3.05) is 19.6 Å². The van der Waals surface area contributed by atoms with E-state index in [2.05, 4.69) is 18.7 Å². The second-order valence-electron chi connectivity index (χ2n) is 4.64. The van der Waals surface area contributed by atoms with E-state index in [-0.39, 0.29) is 5.91 Å². The summed E-state index contributed by atoms with van der Waals surface area (Å²) in [5.74, 6) is 0.223. The van der Waals surface area contributed by atoms with Crippen molar-refractivity contribution in [1.29, 1.82) is 0 Å². The molecule has 0 unspecified atom stereocenters. The van der Waals surface area contributed by atoms with Crippen molar-refractivity contribution in [3.63, 3.8) is 0 Å². The minimum absolute atomic E-state index is 0.223. The van der Waals surface area contributed by atoms with Crippen LogP contribution in [0.15, 0.2) is 0 Å². The summed E-state index contributed by atoms with van der Waals surface area (Å²) in [5, 5.41) is 0. The van der Waals surface area contributed by atoms with Gasteiger partial charge in [0.1, 0.15) is 0 Å². The van der Waals surface area contributed by atoms with E-state index in [1.165, 1.54) is 13.0 Å². The van der Waals surface area contributed by atoms with Crippen LogP contribution < -0.4 is 0 Å². The molecule has 0 bridgehead atoms. The molecule has 13 heavy (non-hydrogen) atoms. The van der Waals surface area contributed by atoms with E-state index in [4.69, 9.17) is 0 Å². The Hall–Kier alpha value is -0.570. The van der Waals surface area contributed by atoms with Crippen LogP contribution in [0.4, 0.5) is 0 Å². The maximum absolute atomic E-state index is 11.0. The van der Waals surface area contributed by atoms with E-state index in [1.807, 2.05) is 4.90 Å². The van der Waals surface area contributed by atoms with E-state index in [0.717, 1.165) is 13.1 Å². The Morgan fingerprint density at radius 3 is 2.31 bits per heavy atom. The van der Waals surface area contributed by atoms with Crippen LogP contribution in [0.5, 0.6) is 0 Å². The molecule has 0 radical (unpaired) electrons. The molecule has 0 aliphatic carbocycles. The number of rotatable bonds is 1. The zero-order valence-corrected chi connectivity index (χ0v) is 8.71. The van der Waals surface area contributed by atoms with E-state index >= 15 is 0 Å². The topological polar surface area (TPSA) is 23.6 Å². The lowest BCUT2D eigenvalue weighted by atomic mass is 9.76. The van der Waals surface area contributed by atoms with Gasteiger partial charge in [-0.3, -0.25) is 9.69 Å². The highest BCUT2D eigenvalue weighted by atomic mass is 16.2. The van der Waals surface area contributed by atoms with E-state index in [9.17, 15) is 4.79 Å². The van der Waals surface area contributed by atoms with Crippen LogP contribution in [0.25, 0.3) is 0 Å². The van der Waals surface area contributed by atoms with Crippen LogP contribution in [0, 0.1) is 0 Å². The fraction of sp³-hybridized carbons (Fsp3) is 0.900. The number of amides is 1. The molecule has 1 amide bonds. The molecule has 0 aromatic carbocycles. The van der Waals surface area contributed by atoms with Crippen LogP contribution in [0.1, 0.15) is 27.2 Å². The first-order valence-electron chi connectivity index (χ1n) is 5.07. The Balaban J connectivity index is 1.93. The van der Waals surface area contributed by atoms with E-state index in [1.54, 1.807) is 6.92 Å². The third kappa shape index (κ3) is 1.17. The molecule has 2 rings (SSSR count). The van der Waals surface area contributed by atoms with Gasteiger partial charge in [-0.1, -0.05) is 0 Å². The number of likely N-dealkylation sites (tertiary alicyclic amines) is 2. The van der Waals surface area contributed by atoms with E-state index in [0.29, 0.717) is 11.6 Å². The maximum Gasteiger partial charge on any atom is 0.219 e. The van der Waals surface area contributed by atoms with Crippen LogP contribution in [-0.2, 0) is 4.79 Å². The zero-order valence-electron chi connectivity index (χ0n) is 8.71. The second-order valence-corrected chi connectivity index (χ2v) is 4.64. The minimum atomic E-state index is 0.223. The van der Waals surface area contributed by atoms with Crippen molar-refractivity contribution < 1.29 is 4.79 Å². The van der Waals surface area contributed by atoms with Crippen molar-refractivity contribution in [3.05, 3.63) is 0 Å². The molecule has 1 spiro atoms. The molecule has 0 saturated carbocycles. The third-order valence-electron chi connectivity index (χ3n) is 3.47. The number of nitrogens with zero attached hydrogens (tertiary/aromatic N) is 2. The predicted octanol–water partition coefficient (Wildman–Crippen LogP) is 0.701. The summed E-state index contributed by atoms with van der Waals surface area (Å²) in [5.41, 5.74) is 0.375. The van der Waals surface area contributed by atoms with Gasteiger partial charge in [0.05, 0.1) is 5.54 Å². The Kier molecular flexibility index (Phi) is 1.88. The Bertz CT molecular complexity index is 231. The van der Waals surface area contributed by atoms with Gasteiger partial charge in [0, 0.05) is 32.6 Å². The van der Waals surface area contributed by atoms with Gasteiger partial charge in [-0.05, 0) is 20.3 Å². The zero-order chi connectivity index (χ0) is 9.64. The average Bonchev–Trinajstić information content (AvgIpc) is 1.78. The summed E-state index contributed by atoms with van der Waals surface area (Å²) >= 11 is 0. The maximum atomic E-state index is 11.0. The summed E-state index contributed by atoms with van der Waals surface area (Å²) in [6, 6.07) is 0.628. The van der Waals surface area contributed by atoms with Gasteiger partial charge in [-0.25, -0.2) is 0 Å². The summed E-state index contributed by atoms with van der Waals surface area (Å²) in [6.07, 6.45) is 1.27. The quantitative estimate of drug-likeness (QED) is 0.596. The Labute approximate surface area is 79.7 Å². The molecule has 0 N–H and O–H groups in total. The van der Waals surface area contributed by atoms with E-state index < -0.39 is 0 Å². The van der Waals surface area contributed by atoms with Gasteiger partial charge in [0.2, 0.25) is 5.91 Å².